The third-order valence-electron chi connectivity index (χ3n) is 2.34. The number of carbonyl (C=O) groups is 2. The van der Waals surface area contributed by atoms with Gasteiger partial charge in [-0.15, -0.1) is 0 Å². The van der Waals surface area contributed by atoms with Gasteiger partial charge in [0.2, 0.25) is 0 Å². The number of hydroxylamine groups is 2. The van der Waals surface area contributed by atoms with Gasteiger partial charge < -0.3 is 5.32 Å². The zero-order valence-corrected chi connectivity index (χ0v) is 12.9. The second-order valence-electron chi connectivity index (χ2n) is 3.75. The number of carbonyl (C=O) groups excluding carboxylic acids is 2. The van der Waals surface area contributed by atoms with Crippen LogP contribution in [0.1, 0.15) is 10.4 Å². The summed E-state index contributed by atoms with van der Waals surface area (Å²) >= 11 is 1.68. The Morgan fingerprint density at radius 1 is 1.33 bits per heavy atom. The molecule has 0 spiro atoms. The van der Waals surface area contributed by atoms with Crippen molar-refractivity contribution in [3.8, 4) is 0 Å². The maximum Gasteiger partial charge on any atom is 0.471 e. The van der Waals surface area contributed by atoms with Gasteiger partial charge in [-0.05, 0) is 34.7 Å². The molecule has 10 heteroatoms. The lowest BCUT2D eigenvalue weighted by atomic mass is 10.1. The van der Waals surface area contributed by atoms with E-state index in [0.29, 0.717) is 5.06 Å². The Hall–Kier alpha value is -1.43. The molecule has 2 amide bonds. The number of rotatable bonds is 3. The standard InChI is InChI=1S/C11H9F4IN2O3/c1-18(21-2)9(19)6-3-5(16)4-7(12)8(6)17-10(20)11(13,14)15/h3-4H,1-2H3,(H,17,20). The van der Waals surface area contributed by atoms with Crippen LogP contribution in [0, 0.1) is 9.39 Å². The quantitative estimate of drug-likeness (QED) is 0.465. The van der Waals surface area contributed by atoms with Crippen molar-refractivity contribution in [1.29, 1.82) is 0 Å². The molecule has 0 bridgehead atoms. The molecule has 0 unspecified atom stereocenters. The number of amides is 2. The molecule has 0 radical (unpaired) electrons. The number of hydrogen-bond acceptors (Lipinski definition) is 3. The van der Waals surface area contributed by atoms with Crippen molar-refractivity contribution in [3.63, 3.8) is 0 Å². The van der Waals surface area contributed by atoms with E-state index in [1.807, 2.05) is 0 Å². The molecular formula is C11H9F4IN2O3. The van der Waals surface area contributed by atoms with E-state index >= 15 is 0 Å². The minimum absolute atomic E-state index is 0.267. The highest BCUT2D eigenvalue weighted by Crippen LogP contribution is 2.27. The number of benzene rings is 1. The van der Waals surface area contributed by atoms with Gasteiger partial charge in [0.1, 0.15) is 5.82 Å². The molecule has 0 saturated carbocycles. The monoisotopic (exact) mass is 420 g/mol. The molecule has 1 aromatic carbocycles. The zero-order chi connectivity index (χ0) is 16.4. The second-order valence-corrected chi connectivity index (χ2v) is 4.99. The summed E-state index contributed by atoms with van der Waals surface area (Å²) in [6, 6.07) is 2.02. The third kappa shape index (κ3) is 4.27. The lowest BCUT2D eigenvalue weighted by Gasteiger charge is -2.18. The van der Waals surface area contributed by atoms with Crippen LogP contribution in [0.3, 0.4) is 0 Å². The van der Waals surface area contributed by atoms with Crippen LogP contribution in [0.2, 0.25) is 0 Å². The highest BCUT2D eigenvalue weighted by atomic mass is 127. The average Bonchev–Trinajstić information content (AvgIpc) is 2.38. The van der Waals surface area contributed by atoms with Gasteiger partial charge >= 0.3 is 12.1 Å². The van der Waals surface area contributed by atoms with Crippen LogP contribution in [0.5, 0.6) is 0 Å². The topological polar surface area (TPSA) is 58.6 Å². The maximum atomic E-state index is 13.8. The van der Waals surface area contributed by atoms with E-state index in [1.54, 1.807) is 22.6 Å². The van der Waals surface area contributed by atoms with Gasteiger partial charge in [0.05, 0.1) is 18.4 Å². The van der Waals surface area contributed by atoms with Gasteiger partial charge in [0, 0.05) is 10.6 Å². The Bertz CT molecular complexity index is 577. The van der Waals surface area contributed by atoms with Gasteiger partial charge in [-0.3, -0.25) is 14.4 Å². The Morgan fingerprint density at radius 2 is 1.90 bits per heavy atom. The highest BCUT2D eigenvalue weighted by molar-refractivity contribution is 14.1. The van der Waals surface area contributed by atoms with Crippen LogP contribution in [-0.2, 0) is 9.63 Å². The Morgan fingerprint density at radius 3 is 2.38 bits per heavy atom. The SMILES string of the molecule is CON(C)C(=O)c1cc(I)cc(F)c1NC(=O)C(F)(F)F. The molecule has 1 aromatic rings. The van der Waals surface area contributed by atoms with E-state index in [-0.39, 0.29) is 3.57 Å². The number of nitrogens with zero attached hydrogens (tertiary/aromatic N) is 1. The van der Waals surface area contributed by atoms with Crippen LogP contribution < -0.4 is 5.32 Å². The first kappa shape index (κ1) is 17.6. The van der Waals surface area contributed by atoms with Crippen LogP contribution in [-0.4, -0.2) is 37.2 Å². The van der Waals surface area contributed by atoms with Crippen molar-refractivity contribution in [3.05, 3.63) is 27.1 Å². The second kappa shape index (κ2) is 6.56. The van der Waals surface area contributed by atoms with Crippen molar-refractivity contribution in [1.82, 2.24) is 5.06 Å². The summed E-state index contributed by atoms with van der Waals surface area (Å²) in [7, 11) is 2.34. The van der Waals surface area contributed by atoms with Gasteiger partial charge in [0.25, 0.3) is 5.91 Å². The van der Waals surface area contributed by atoms with Gasteiger partial charge in [-0.25, -0.2) is 9.45 Å². The number of hydrogen-bond donors (Lipinski definition) is 1. The average molecular weight is 420 g/mol. The lowest BCUT2D eigenvalue weighted by Crippen LogP contribution is -2.32. The molecule has 0 atom stereocenters. The number of anilines is 1. The van der Waals surface area contributed by atoms with Crippen molar-refractivity contribution in [2.75, 3.05) is 19.5 Å². The summed E-state index contributed by atoms with van der Waals surface area (Å²) in [6.45, 7) is 0. The normalized spacial score (nSPS) is 11.2. The van der Waals surface area contributed by atoms with Gasteiger partial charge in [0.15, 0.2) is 0 Å². The molecular weight excluding hydrogens is 411 g/mol. The largest absolute Gasteiger partial charge is 0.471 e. The van der Waals surface area contributed by atoms with Crippen LogP contribution >= 0.6 is 22.6 Å². The summed E-state index contributed by atoms with van der Waals surface area (Å²) in [5.41, 5.74) is -1.31. The third-order valence-corrected chi connectivity index (χ3v) is 2.96. The lowest BCUT2D eigenvalue weighted by molar-refractivity contribution is -0.167. The van der Waals surface area contributed by atoms with E-state index in [4.69, 9.17) is 0 Å². The molecule has 0 aromatic heterocycles. The minimum atomic E-state index is -5.21. The molecule has 1 rings (SSSR count). The van der Waals surface area contributed by atoms with Gasteiger partial charge in [-0.1, -0.05) is 0 Å². The maximum absolute atomic E-state index is 13.8. The summed E-state index contributed by atoms with van der Waals surface area (Å²) in [5, 5.41) is 2.05. The molecule has 0 saturated heterocycles. The van der Waals surface area contributed by atoms with E-state index in [9.17, 15) is 27.2 Å². The number of nitrogens with one attached hydrogen (secondary N) is 1. The molecule has 116 valence electrons. The molecule has 1 N–H and O–H groups in total. The Labute approximate surface area is 130 Å². The molecule has 0 heterocycles. The van der Waals surface area contributed by atoms with Gasteiger partial charge in [-0.2, -0.15) is 13.2 Å². The first-order chi connectivity index (χ1) is 9.57. The van der Waals surface area contributed by atoms with Crippen molar-refractivity contribution >= 4 is 40.1 Å². The Balaban J connectivity index is 3.31. The predicted octanol–water partition coefficient (Wildman–Crippen LogP) is 2.56. The van der Waals surface area contributed by atoms with Crippen molar-refractivity contribution in [2.24, 2.45) is 0 Å². The highest BCUT2D eigenvalue weighted by Gasteiger charge is 2.40. The molecule has 21 heavy (non-hydrogen) atoms. The molecule has 5 nitrogen and oxygen atoms in total. The van der Waals surface area contributed by atoms with Crippen LogP contribution in [0.4, 0.5) is 23.2 Å². The van der Waals surface area contributed by atoms with Crippen molar-refractivity contribution < 1.29 is 32.0 Å². The fourth-order valence-electron chi connectivity index (χ4n) is 1.31. The van der Waals surface area contributed by atoms with E-state index in [1.165, 1.54) is 12.4 Å². The summed E-state index contributed by atoms with van der Waals surface area (Å²) in [6.07, 6.45) is -5.21. The predicted molar refractivity (Wildman–Crippen MR) is 72.9 cm³/mol. The summed E-state index contributed by atoms with van der Waals surface area (Å²) < 4.78 is 50.8. The van der Waals surface area contributed by atoms with E-state index in [0.717, 1.165) is 19.2 Å². The minimum Gasteiger partial charge on any atom is -0.315 e. The molecule has 0 aliphatic rings. The molecule has 0 aliphatic carbocycles. The number of halogens is 5. The van der Waals surface area contributed by atoms with Crippen molar-refractivity contribution in [2.45, 2.75) is 6.18 Å². The summed E-state index contributed by atoms with van der Waals surface area (Å²) in [5.74, 6) is -4.45. The fraction of sp³-hybridized carbons (Fsp3) is 0.273. The molecule has 0 fully saturated rings. The van der Waals surface area contributed by atoms with Crippen LogP contribution in [0.25, 0.3) is 0 Å². The van der Waals surface area contributed by atoms with Crippen LogP contribution in [0.15, 0.2) is 12.1 Å². The fourth-order valence-corrected chi connectivity index (χ4v) is 1.89. The zero-order valence-electron chi connectivity index (χ0n) is 10.7. The first-order valence-corrected chi connectivity index (χ1v) is 6.35. The molecule has 0 aliphatic heterocycles. The smallest absolute Gasteiger partial charge is 0.315 e. The Kier molecular flexibility index (Phi) is 5.50. The summed E-state index contributed by atoms with van der Waals surface area (Å²) in [4.78, 5) is 27.5. The first-order valence-electron chi connectivity index (χ1n) is 5.27. The van der Waals surface area contributed by atoms with E-state index < -0.39 is 35.1 Å². The van der Waals surface area contributed by atoms with E-state index in [2.05, 4.69) is 4.84 Å². The number of alkyl halides is 3.